The SMILES string of the molecule is O=C(S)N[C@@H]1CCC/C=C/CC1I. The highest BCUT2D eigenvalue weighted by Crippen LogP contribution is 2.20. The minimum atomic E-state index is -0.212. The molecule has 2 nitrogen and oxygen atoms in total. The molecular weight excluding hydrogens is 297 g/mol. The quantitative estimate of drug-likeness (QED) is 0.331. The Morgan fingerprint density at radius 1 is 1.54 bits per heavy atom. The minimum Gasteiger partial charge on any atom is -0.343 e. The van der Waals surface area contributed by atoms with E-state index in [4.69, 9.17) is 0 Å². The molecule has 0 saturated carbocycles. The molecule has 0 radical (unpaired) electrons. The van der Waals surface area contributed by atoms with Gasteiger partial charge in [-0.3, -0.25) is 4.79 Å². The van der Waals surface area contributed by atoms with Gasteiger partial charge in [0, 0.05) is 9.97 Å². The Balaban J connectivity index is 2.49. The molecule has 0 aliphatic heterocycles. The second-order valence-corrected chi connectivity index (χ2v) is 5.22. The van der Waals surface area contributed by atoms with Gasteiger partial charge in [-0.25, -0.2) is 0 Å². The van der Waals surface area contributed by atoms with E-state index in [1.54, 1.807) is 0 Å². The third-order valence-electron chi connectivity index (χ3n) is 2.16. The molecule has 0 fully saturated rings. The van der Waals surface area contributed by atoms with Crippen molar-refractivity contribution in [2.75, 3.05) is 0 Å². The molecule has 13 heavy (non-hydrogen) atoms. The predicted octanol–water partition coefficient (Wildman–Crippen LogP) is 2.93. The van der Waals surface area contributed by atoms with Crippen LogP contribution in [0.25, 0.3) is 0 Å². The third kappa shape index (κ3) is 4.35. The van der Waals surface area contributed by atoms with Crippen molar-refractivity contribution in [1.29, 1.82) is 0 Å². The fourth-order valence-corrected chi connectivity index (χ4v) is 2.46. The van der Waals surface area contributed by atoms with Gasteiger partial charge >= 0.3 is 0 Å². The van der Waals surface area contributed by atoms with Gasteiger partial charge in [0.1, 0.15) is 0 Å². The number of hydrogen-bond donors (Lipinski definition) is 2. The van der Waals surface area contributed by atoms with Crippen molar-refractivity contribution in [2.24, 2.45) is 0 Å². The van der Waals surface area contributed by atoms with Crippen molar-refractivity contribution < 1.29 is 4.79 Å². The van der Waals surface area contributed by atoms with Gasteiger partial charge in [-0.2, -0.15) is 0 Å². The summed E-state index contributed by atoms with van der Waals surface area (Å²) < 4.78 is 0.491. The van der Waals surface area contributed by atoms with Crippen LogP contribution in [0.15, 0.2) is 12.2 Å². The molecule has 2 atom stereocenters. The summed E-state index contributed by atoms with van der Waals surface area (Å²) in [5, 5.41) is 2.67. The van der Waals surface area contributed by atoms with E-state index in [0.717, 1.165) is 25.7 Å². The van der Waals surface area contributed by atoms with E-state index in [9.17, 15) is 4.79 Å². The van der Waals surface area contributed by atoms with E-state index in [1.807, 2.05) is 0 Å². The molecule has 1 aliphatic rings. The van der Waals surface area contributed by atoms with Crippen LogP contribution in [0, 0.1) is 0 Å². The normalized spacial score (nSPS) is 31.5. The first kappa shape index (κ1) is 11.4. The lowest BCUT2D eigenvalue weighted by atomic mass is 10.0. The number of carbonyl (C=O) groups excluding carboxylic acids is 1. The van der Waals surface area contributed by atoms with Crippen LogP contribution in [0.5, 0.6) is 0 Å². The second kappa shape index (κ2) is 5.90. The summed E-state index contributed by atoms with van der Waals surface area (Å²) in [4.78, 5) is 10.8. The molecule has 74 valence electrons. The lowest BCUT2D eigenvalue weighted by Crippen LogP contribution is -2.38. The third-order valence-corrected chi connectivity index (χ3v) is 3.67. The first-order chi connectivity index (χ1) is 6.20. The van der Waals surface area contributed by atoms with Crippen molar-refractivity contribution in [3.8, 4) is 0 Å². The van der Waals surface area contributed by atoms with E-state index in [2.05, 4.69) is 52.7 Å². The van der Waals surface area contributed by atoms with Gasteiger partial charge in [0.2, 0.25) is 0 Å². The number of nitrogens with one attached hydrogen (secondary N) is 1. The molecule has 0 aromatic heterocycles. The van der Waals surface area contributed by atoms with Gasteiger partial charge in [-0.15, -0.1) is 0 Å². The smallest absolute Gasteiger partial charge is 0.276 e. The van der Waals surface area contributed by atoms with E-state index in [-0.39, 0.29) is 11.3 Å². The Kier molecular flexibility index (Phi) is 5.16. The number of hydrogen-bond acceptors (Lipinski definition) is 1. The van der Waals surface area contributed by atoms with E-state index in [0.29, 0.717) is 3.92 Å². The highest BCUT2D eigenvalue weighted by Gasteiger charge is 2.19. The Morgan fingerprint density at radius 3 is 3.00 bits per heavy atom. The molecule has 1 amide bonds. The Hall–Kier alpha value is 0.290. The Morgan fingerprint density at radius 2 is 2.31 bits per heavy atom. The van der Waals surface area contributed by atoms with E-state index >= 15 is 0 Å². The van der Waals surface area contributed by atoms with Crippen molar-refractivity contribution in [3.63, 3.8) is 0 Å². The summed E-state index contributed by atoms with van der Waals surface area (Å²) in [7, 11) is 0. The summed E-state index contributed by atoms with van der Waals surface area (Å²) in [5.41, 5.74) is 0. The molecule has 0 aromatic carbocycles. The minimum absolute atomic E-state index is 0.212. The van der Waals surface area contributed by atoms with E-state index < -0.39 is 0 Å². The molecule has 0 heterocycles. The molecule has 4 heteroatoms. The fourth-order valence-electron chi connectivity index (χ4n) is 1.47. The number of halogens is 1. The standard InChI is InChI=1S/C9H14INOS/c10-7-5-3-1-2-4-6-8(7)11-9(12)13/h1,3,7-8H,2,4-6H2,(H2,11,12,13)/b3-1+/t7?,8-/m1/s1. The summed E-state index contributed by atoms with van der Waals surface area (Å²) in [6.45, 7) is 0. The summed E-state index contributed by atoms with van der Waals surface area (Å²) in [6, 6.07) is 0.288. The zero-order valence-corrected chi connectivity index (χ0v) is 10.4. The number of thiol groups is 1. The van der Waals surface area contributed by atoms with Crippen molar-refractivity contribution in [1.82, 2.24) is 5.32 Å². The maximum atomic E-state index is 10.8. The molecule has 0 spiro atoms. The fraction of sp³-hybridized carbons (Fsp3) is 0.667. The predicted molar refractivity (Wildman–Crippen MR) is 66.7 cm³/mol. The van der Waals surface area contributed by atoms with Crippen molar-refractivity contribution in [2.45, 2.75) is 35.6 Å². The highest BCUT2D eigenvalue weighted by atomic mass is 127. The van der Waals surface area contributed by atoms with Gasteiger partial charge in [0.15, 0.2) is 0 Å². The zero-order valence-electron chi connectivity index (χ0n) is 7.37. The molecule has 1 unspecified atom stereocenters. The van der Waals surface area contributed by atoms with Gasteiger partial charge in [-0.1, -0.05) is 47.4 Å². The maximum Gasteiger partial charge on any atom is 0.276 e. The summed E-state index contributed by atoms with van der Waals surface area (Å²) >= 11 is 6.13. The lowest BCUT2D eigenvalue weighted by molar-refractivity contribution is 0.256. The average Bonchev–Trinajstić information content (AvgIpc) is 2.04. The van der Waals surface area contributed by atoms with Crippen LogP contribution in [-0.4, -0.2) is 15.2 Å². The molecule has 0 bridgehead atoms. The first-order valence-corrected chi connectivity index (χ1v) is 6.18. The van der Waals surface area contributed by atoms with Crippen LogP contribution in [-0.2, 0) is 0 Å². The number of rotatable bonds is 1. The highest BCUT2D eigenvalue weighted by molar-refractivity contribution is 14.1. The van der Waals surface area contributed by atoms with Crippen LogP contribution in [0.3, 0.4) is 0 Å². The zero-order chi connectivity index (χ0) is 9.68. The number of alkyl halides is 1. The van der Waals surface area contributed by atoms with Crippen LogP contribution in [0.2, 0.25) is 0 Å². The van der Waals surface area contributed by atoms with Crippen LogP contribution < -0.4 is 5.32 Å². The monoisotopic (exact) mass is 311 g/mol. The van der Waals surface area contributed by atoms with Crippen LogP contribution in [0.1, 0.15) is 25.7 Å². The van der Waals surface area contributed by atoms with Crippen molar-refractivity contribution in [3.05, 3.63) is 12.2 Å². The number of allylic oxidation sites excluding steroid dienone is 2. The molecule has 0 aromatic rings. The van der Waals surface area contributed by atoms with Gasteiger partial charge in [-0.05, 0) is 25.7 Å². The molecule has 0 saturated heterocycles. The summed E-state index contributed by atoms with van der Waals surface area (Å²) in [6.07, 6.45) is 8.80. The van der Waals surface area contributed by atoms with Gasteiger partial charge < -0.3 is 5.32 Å². The second-order valence-electron chi connectivity index (χ2n) is 3.21. The lowest BCUT2D eigenvalue weighted by Gasteiger charge is -2.23. The first-order valence-electron chi connectivity index (χ1n) is 4.48. The molecule has 1 aliphatic carbocycles. The maximum absolute atomic E-state index is 10.8. The number of carbonyl (C=O) groups is 1. The van der Waals surface area contributed by atoms with Gasteiger partial charge in [0.05, 0.1) is 0 Å². The average molecular weight is 311 g/mol. The molecule has 1 N–H and O–H groups in total. The molecular formula is C9H14INOS. The number of amides is 1. The molecule has 1 rings (SSSR count). The van der Waals surface area contributed by atoms with Crippen molar-refractivity contribution >= 4 is 40.5 Å². The Labute approximate surface area is 98.1 Å². The summed E-state index contributed by atoms with van der Waals surface area (Å²) in [5.74, 6) is 0. The Bertz CT molecular complexity index is 208. The van der Waals surface area contributed by atoms with Crippen LogP contribution in [0.4, 0.5) is 4.79 Å². The largest absolute Gasteiger partial charge is 0.343 e. The van der Waals surface area contributed by atoms with Gasteiger partial charge in [0.25, 0.3) is 5.24 Å². The van der Waals surface area contributed by atoms with Crippen LogP contribution >= 0.6 is 35.2 Å². The topological polar surface area (TPSA) is 29.1 Å². The van der Waals surface area contributed by atoms with E-state index in [1.165, 1.54) is 0 Å².